The fourth-order valence-corrected chi connectivity index (χ4v) is 3.15. The van der Waals surface area contributed by atoms with Crippen molar-refractivity contribution >= 4 is 0 Å². The average Bonchev–Trinajstić information content (AvgIpc) is 2.74. The smallest absolute Gasteiger partial charge is 0.266 e. The Morgan fingerprint density at radius 1 is 0.821 bits per heavy atom. The van der Waals surface area contributed by atoms with Gasteiger partial charge in [-0.15, -0.1) is 0 Å². The Labute approximate surface area is 160 Å². The van der Waals surface area contributed by atoms with Crippen molar-refractivity contribution in [3.8, 4) is 34.1 Å². The summed E-state index contributed by atoms with van der Waals surface area (Å²) < 4.78 is 1.50. The Morgan fingerprint density at radius 3 is 2.18 bits per heavy atom. The van der Waals surface area contributed by atoms with Gasteiger partial charge in [-0.1, -0.05) is 48.5 Å². The van der Waals surface area contributed by atoms with Crippen molar-refractivity contribution in [2.24, 2.45) is 0 Å². The minimum Gasteiger partial charge on any atom is -0.321 e. The van der Waals surface area contributed by atoms with Crippen LogP contribution in [0.25, 0.3) is 28.1 Å². The van der Waals surface area contributed by atoms with Gasteiger partial charge in [-0.2, -0.15) is 5.26 Å². The molecule has 2 aromatic carbocycles. The van der Waals surface area contributed by atoms with Crippen molar-refractivity contribution in [2.75, 3.05) is 0 Å². The Morgan fingerprint density at radius 2 is 1.50 bits per heavy atom. The number of H-pyrrole nitrogens is 1. The molecule has 0 saturated carbocycles. The Balaban J connectivity index is 1.98. The van der Waals surface area contributed by atoms with Crippen LogP contribution >= 0.6 is 0 Å². The van der Waals surface area contributed by atoms with Crippen molar-refractivity contribution in [3.63, 3.8) is 0 Å². The number of benzene rings is 2. The zero-order valence-corrected chi connectivity index (χ0v) is 14.8. The van der Waals surface area contributed by atoms with Gasteiger partial charge in [0.25, 0.3) is 11.1 Å². The van der Waals surface area contributed by atoms with E-state index in [1.54, 1.807) is 24.4 Å². The number of aromatic amines is 1. The molecule has 0 aliphatic heterocycles. The van der Waals surface area contributed by atoms with Gasteiger partial charge in [0, 0.05) is 28.7 Å². The lowest BCUT2D eigenvalue weighted by Crippen LogP contribution is -2.21. The third kappa shape index (κ3) is 3.04. The predicted octanol–water partition coefficient (Wildman–Crippen LogP) is 3.73. The molecule has 0 aliphatic rings. The number of hydrogen-bond donors (Lipinski definition) is 1. The van der Waals surface area contributed by atoms with Gasteiger partial charge in [0.1, 0.15) is 11.6 Å². The number of nitriles is 1. The van der Waals surface area contributed by atoms with E-state index < -0.39 is 5.56 Å². The third-order valence-electron chi connectivity index (χ3n) is 4.50. The van der Waals surface area contributed by atoms with Gasteiger partial charge in [0.2, 0.25) is 0 Å². The van der Waals surface area contributed by atoms with E-state index in [0.717, 1.165) is 5.56 Å². The number of nitrogens with one attached hydrogen (secondary N) is 1. The summed E-state index contributed by atoms with van der Waals surface area (Å²) in [6.07, 6.45) is 1.67. The van der Waals surface area contributed by atoms with E-state index >= 15 is 0 Å². The van der Waals surface area contributed by atoms with Gasteiger partial charge in [-0.05, 0) is 35.9 Å². The van der Waals surface area contributed by atoms with E-state index in [4.69, 9.17) is 0 Å². The summed E-state index contributed by atoms with van der Waals surface area (Å²) in [7, 11) is 0. The fourth-order valence-electron chi connectivity index (χ4n) is 3.15. The van der Waals surface area contributed by atoms with Crippen LogP contribution in [0.15, 0.2) is 94.6 Å². The number of aromatic nitrogens is 2. The molecule has 0 unspecified atom stereocenters. The molecule has 0 amide bonds. The van der Waals surface area contributed by atoms with Crippen molar-refractivity contribution in [3.05, 3.63) is 111 Å². The Kier molecular flexibility index (Phi) is 4.45. The van der Waals surface area contributed by atoms with Crippen LogP contribution in [-0.4, -0.2) is 9.55 Å². The van der Waals surface area contributed by atoms with E-state index in [1.807, 2.05) is 66.7 Å². The maximum Gasteiger partial charge on any atom is 0.266 e. The van der Waals surface area contributed by atoms with Crippen molar-refractivity contribution in [1.29, 1.82) is 5.26 Å². The third-order valence-corrected chi connectivity index (χ3v) is 4.50. The molecule has 0 bridgehead atoms. The second kappa shape index (κ2) is 7.22. The summed E-state index contributed by atoms with van der Waals surface area (Å²) in [5, 5.41) is 9.52. The minimum absolute atomic E-state index is 0.0809. The number of para-hydroxylation sites is 1. The van der Waals surface area contributed by atoms with Gasteiger partial charge in [0.05, 0.1) is 0 Å². The molecule has 4 rings (SSSR count). The van der Waals surface area contributed by atoms with E-state index in [9.17, 15) is 14.9 Å². The number of nitrogens with zero attached hydrogens (tertiary/aromatic N) is 2. The van der Waals surface area contributed by atoms with E-state index in [1.165, 1.54) is 4.57 Å². The number of rotatable bonds is 3. The Bertz CT molecular complexity index is 1300. The minimum atomic E-state index is -0.520. The lowest BCUT2D eigenvalue weighted by Gasteiger charge is -2.10. The molecule has 1 N–H and O–H groups in total. The predicted molar refractivity (Wildman–Crippen MR) is 108 cm³/mol. The van der Waals surface area contributed by atoms with Crippen LogP contribution in [0.4, 0.5) is 0 Å². The average molecular weight is 365 g/mol. The van der Waals surface area contributed by atoms with Gasteiger partial charge in [-0.3, -0.25) is 14.2 Å². The van der Waals surface area contributed by atoms with Gasteiger partial charge in [0.15, 0.2) is 0 Å². The van der Waals surface area contributed by atoms with Crippen LogP contribution in [0, 0.1) is 11.3 Å². The number of pyridine rings is 2. The Hall–Kier alpha value is -4.17. The molecule has 5 heteroatoms. The largest absolute Gasteiger partial charge is 0.321 e. The molecule has 0 aliphatic carbocycles. The van der Waals surface area contributed by atoms with Crippen LogP contribution in [0.1, 0.15) is 5.56 Å². The second-order valence-corrected chi connectivity index (χ2v) is 6.21. The summed E-state index contributed by atoms with van der Waals surface area (Å²) in [6, 6.07) is 25.5. The first-order valence-corrected chi connectivity index (χ1v) is 8.69. The zero-order chi connectivity index (χ0) is 19.5. The number of hydrogen-bond acceptors (Lipinski definition) is 3. The normalized spacial score (nSPS) is 10.4. The van der Waals surface area contributed by atoms with Crippen molar-refractivity contribution < 1.29 is 0 Å². The fraction of sp³-hybridized carbons (Fsp3) is 0. The van der Waals surface area contributed by atoms with Gasteiger partial charge >= 0.3 is 0 Å². The molecule has 2 heterocycles. The SMILES string of the molecule is N#Cc1c(-c2cccn(-c3ccccc3)c2=O)cc(-c2ccccc2)[nH]c1=O. The maximum atomic E-state index is 13.1. The van der Waals surface area contributed by atoms with Crippen LogP contribution in [0.5, 0.6) is 0 Å². The van der Waals surface area contributed by atoms with Crippen molar-refractivity contribution in [1.82, 2.24) is 9.55 Å². The monoisotopic (exact) mass is 365 g/mol. The molecular formula is C23H15N3O2. The lowest BCUT2D eigenvalue weighted by atomic mass is 10.00. The molecule has 28 heavy (non-hydrogen) atoms. The topological polar surface area (TPSA) is 78.7 Å². The summed E-state index contributed by atoms with van der Waals surface area (Å²) >= 11 is 0. The first kappa shape index (κ1) is 17.3. The first-order valence-electron chi connectivity index (χ1n) is 8.69. The van der Waals surface area contributed by atoms with Gasteiger partial charge < -0.3 is 4.98 Å². The van der Waals surface area contributed by atoms with E-state index in [-0.39, 0.29) is 11.1 Å². The first-order chi connectivity index (χ1) is 13.7. The highest BCUT2D eigenvalue weighted by Gasteiger charge is 2.16. The molecule has 0 radical (unpaired) electrons. The molecule has 134 valence electrons. The summed E-state index contributed by atoms with van der Waals surface area (Å²) in [5.41, 5.74) is 1.78. The second-order valence-electron chi connectivity index (χ2n) is 6.21. The highest BCUT2D eigenvalue weighted by atomic mass is 16.1. The molecular weight excluding hydrogens is 350 g/mol. The van der Waals surface area contributed by atoms with Crippen LogP contribution in [0.3, 0.4) is 0 Å². The van der Waals surface area contributed by atoms with Crippen molar-refractivity contribution in [2.45, 2.75) is 0 Å². The van der Waals surface area contributed by atoms with Gasteiger partial charge in [-0.25, -0.2) is 0 Å². The highest BCUT2D eigenvalue weighted by Crippen LogP contribution is 2.24. The molecule has 2 aromatic heterocycles. The van der Waals surface area contributed by atoms with Crippen LogP contribution in [-0.2, 0) is 0 Å². The molecule has 0 fully saturated rings. The molecule has 4 aromatic rings. The van der Waals surface area contributed by atoms with Crippen LogP contribution in [0.2, 0.25) is 0 Å². The van der Waals surface area contributed by atoms with E-state index in [2.05, 4.69) is 4.98 Å². The molecule has 0 spiro atoms. The lowest BCUT2D eigenvalue weighted by molar-refractivity contribution is 0.993. The zero-order valence-electron chi connectivity index (χ0n) is 14.8. The van der Waals surface area contributed by atoms with E-state index in [0.29, 0.717) is 22.5 Å². The quantitative estimate of drug-likeness (QED) is 0.601. The summed E-state index contributed by atoms with van der Waals surface area (Å²) in [6.45, 7) is 0. The summed E-state index contributed by atoms with van der Waals surface area (Å²) in [5.74, 6) is 0. The van der Waals surface area contributed by atoms with Crippen LogP contribution < -0.4 is 11.1 Å². The maximum absolute atomic E-state index is 13.1. The molecule has 0 saturated heterocycles. The standard InChI is InChI=1S/C23H15N3O2/c24-15-20-19(14-21(25-22(20)27)16-8-3-1-4-9-16)18-12-7-13-26(23(18)28)17-10-5-2-6-11-17/h1-14H,(H,25,27). The summed E-state index contributed by atoms with van der Waals surface area (Å²) in [4.78, 5) is 28.4. The highest BCUT2D eigenvalue weighted by molar-refractivity contribution is 5.74. The molecule has 5 nitrogen and oxygen atoms in total. The molecule has 0 atom stereocenters.